The first-order chi connectivity index (χ1) is 15.0. The van der Waals surface area contributed by atoms with Crippen molar-refractivity contribution in [3.8, 4) is 11.4 Å². The highest BCUT2D eigenvalue weighted by Gasteiger charge is 2.23. The fraction of sp³-hybridized carbons (Fsp3) is 0.409. The molecule has 0 saturated carbocycles. The highest BCUT2D eigenvalue weighted by atomic mass is 16.5. The van der Waals surface area contributed by atoms with Crippen LogP contribution in [-0.2, 0) is 27.4 Å². The van der Waals surface area contributed by atoms with Gasteiger partial charge >= 0.3 is 5.97 Å². The lowest BCUT2D eigenvalue weighted by atomic mass is 10.1. The smallest absolute Gasteiger partial charge is 0.323 e. The van der Waals surface area contributed by atoms with Gasteiger partial charge in [-0.05, 0) is 30.7 Å². The molecule has 1 saturated heterocycles. The Balaban J connectivity index is 1.67. The first-order valence-corrected chi connectivity index (χ1v) is 10.2. The van der Waals surface area contributed by atoms with E-state index in [1.54, 1.807) is 13.1 Å². The minimum atomic E-state index is -0.953. The van der Waals surface area contributed by atoms with Gasteiger partial charge in [-0.25, -0.2) is 4.98 Å². The minimum Gasteiger partial charge on any atom is -0.480 e. The lowest BCUT2D eigenvalue weighted by molar-refractivity contribution is -0.140. The number of benzene rings is 1. The number of fused-ring (bicyclic) bond motifs is 1. The molecule has 0 aliphatic carbocycles. The molecule has 1 atom stereocenters. The molecule has 0 spiro atoms. The van der Waals surface area contributed by atoms with E-state index in [2.05, 4.69) is 14.9 Å². The normalized spacial score (nSPS) is 15.2. The third-order valence-corrected chi connectivity index (χ3v) is 5.49. The van der Waals surface area contributed by atoms with E-state index in [0.717, 1.165) is 47.7 Å². The van der Waals surface area contributed by atoms with Gasteiger partial charge in [-0.3, -0.25) is 14.9 Å². The molecule has 3 aromatic rings. The van der Waals surface area contributed by atoms with Gasteiger partial charge < -0.3 is 24.1 Å². The van der Waals surface area contributed by atoms with Crippen LogP contribution in [0, 0.1) is 12.8 Å². The molecule has 3 heterocycles. The largest absolute Gasteiger partial charge is 0.480 e. The predicted molar refractivity (Wildman–Crippen MR) is 115 cm³/mol. The van der Waals surface area contributed by atoms with Crippen LogP contribution in [0.15, 0.2) is 35.3 Å². The summed E-state index contributed by atoms with van der Waals surface area (Å²) in [5.74, 6) is 0.256. The van der Waals surface area contributed by atoms with Gasteiger partial charge in [-0.1, -0.05) is 6.07 Å². The van der Waals surface area contributed by atoms with Gasteiger partial charge in [-0.15, -0.1) is 0 Å². The van der Waals surface area contributed by atoms with Crippen LogP contribution in [0.3, 0.4) is 0 Å². The summed E-state index contributed by atoms with van der Waals surface area (Å²) >= 11 is 0. The monoisotopic (exact) mass is 426 g/mol. The number of aromatic nitrogens is 3. The number of hydrogen-bond acceptors (Lipinski definition) is 6. The van der Waals surface area contributed by atoms with Crippen molar-refractivity contribution in [2.45, 2.75) is 26.1 Å². The zero-order valence-electron chi connectivity index (χ0n) is 17.6. The number of pyridine rings is 1. The Hall–Kier alpha value is -3.01. The van der Waals surface area contributed by atoms with Gasteiger partial charge in [-0.2, -0.15) is 0 Å². The molecular formula is C22H26N4O5. The second kappa shape index (κ2) is 9.01. The first kappa shape index (κ1) is 21.2. The van der Waals surface area contributed by atoms with E-state index in [1.165, 1.54) is 7.11 Å². The number of nitrogens with zero attached hydrogens (tertiary/aromatic N) is 2. The van der Waals surface area contributed by atoms with Crippen LogP contribution in [0.1, 0.15) is 11.1 Å². The Kier molecular flexibility index (Phi) is 6.17. The van der Waals surface area contributed by atoms with Crippen molar-refractivity contribution in [2.75, 3.05) is 26.9 Å². The van der Waals surface area contributed by atoms with Gasteiger partial charge in [0.15, 0.2) is 0 Å². The van der Waals surface area contributed by atoms with Crippen LogP contribution in [0.4, 0.5) is 0 Å². The third-order valence-electron chi connectivity index (χ3n) is 5.49. The van der Waals surface area contributed by atoms with Crippen LogP contribution in [0.25, 0.3) is 22.4 Å². The second-order valence-electron chi connectivity index (χ2n) is 7.90. The summed E-state index contributed by atoms with van der Waals surface area (Å²) in [4.78, 5) is 30.8. The summed E-state index contributed by atoms with van der Waals surface area (Å²) in [5.41, 5.74) is 4.09. The fourth-order valence-corrected chi connectivity index (χ4v) is 3.69. The third kappa shape index (κ3) is 4.53. The van der Waals surface area contributed by atoms with E-state index in [0.29, 0.717) is 18.0 Å². The van der Waals surface area contributed by atoms with Gasteiger partial charge in [0.05, 0.1) is 30.9 Å². The zero-order chi connectivity index (χ0) is 22.0. The summed E-state index contributed by atoms with van der Waals surface area (Å²) in [6, 6.07) is 7.00. The highest BCUT2D eigenvalue weighted by molar-refractivity contribution is 5.81. The molecule has 164 valence electrons. The number of H-pyrrole nitrogens is 1. The van der Waals surface area contributed by atoms with Gasteiger partial charge in [0.1, 0.15) is 11.9 Å². The van der Waals surface area contributed by atoms with Crippen molar-refractivity contribution in [3.05, 3.63) is 51.9 Å². The van der Waals surface area contributed by atoms with Crippen molar-refractivity contribution < 1.29 is 19.4 Å². The molecule has 1 aliphatic heterocycles. The van der Waals surface area contributed by atoms with E-state index < -0.39 is 12.0 Å². The molecule has 0 amide bonds. The number of aliphatic carboxylic acids is 1. The van der Waals surface area contributed by atoms with E-state index in [4.69, 9.17) is 14.5 Å². The van der Waals surface area contributed by atoms with Crippen molar-refractivity contribution in [1.82, 2.24) is 19.9 Å². The maximum atomic E-state index is 11.8. The molecule has 0 radical (unpaired) electrons. The number of hydrogen-bond donors (Lipinski definition) is 3. The summed E-state index contributed by atoms with van der Waals surface area (Å²) < 4.78 is 12.5. The number of aromatic amines is 1. The van der Waals surface area contributed by atoms with E-state index >= 15 is 0 Å². The van der Waals surface area contributed by atoms with Crippen LogP contribution >= 0.6 is 0 Å². The number of carboxylic acid groups (broad SMARTS) is 1. The molecule has 0 bridgehead atoms. The average molecular weight is 426 g/mol. The number of imidazole rings is 1. The Labute approximate surface area is 179 Å². The van der Waals surface area contributed by atoms with Gasteiger partial charge in [0.25, 0.3) is 5.56 Å². The molecule has 1 fully saturated rings. The van der Waals surface area contributed by atoms with Crippen molar-refractivity contribution in [3.63, 3.8) is 0 Å². The zero-order valence-corrected chi connectivity index (χ0v) is 17.6. The van der Waals surface area contributed by atoms with Crippen LogP contribution in [0.5, 0.6) is 0 Å². The van der Waals surface area contributed by atoms with E-state index in [1.807, 2.05) is 24.3 Å². The molecular weight excluding hydrogens is 400 g/mol. The molecule has 3 N–H and O–H groups in total. The molecule has 31 heavy (non-hydrogen) atoms. The maximum absolute atomic E-state index is 11.8. The number of carboxylic acids is 1. The summed E-state index contributed by atoms with van der Waals surface area (Å²) in [6.07, 6.45) is 1.69. The van der Waals surface area contributed by atoms with E-state index in [9.17, 15) is 14.7 Å². The molecule has 4 rings (SSSR count). The summed E-state index contributed by atoms with van der Waals surface area (Å²) in [5, 5.41) is 12.3. The molecule has 1 unspecified atom stereocenters. The number of aryl methyl sites for hydroxylation is 1. The van der Waals surface area contributed by atoms with E-state index in [-0.39, 0.29) is 12.2 Å². The number of rotatable bonds is 9. The van der Waals surface area contributed by atoms with Crippen molar-refractivity contribution in [1.29, 1.82) is 0 Å². The summed E-state index contributed by atoms with van der Waals surface area (Å²) in [6.45, 7) is 4.47. The highest BCUT2D eigenvalue weighted by Crippen LogP contribution is 2.28. The quantitative estimate of drug-likeness (QED) is 0.475. The van der Waals surface area contributed by atoms with Crippen LogP contribution < -0.4 is 10.9 Å². The van der Waals surface area contributed by atoms with Crippen molar-refractivity contribution >= 4 is 17.0 Å². The molecule has 1 aliphatic rings. The van der Waals surface area contributed by atoms with Crippen LogP contribution in [0.2, 0.25) is 0 Å². The number of nitrogens with one attached hydrogen (secondary N) is 2. The Morgan fingerprint density at radius 2 is 2.23 bits per heavy atom. The average Bonchev–Trinajstić information content (AvgIpc) is 3.07. The first-order valence-electron chi connectivity index (χ1n) is 10.2. The summed E-state index contributed by atoms with van der Waals surface area (Å²) in [7, 11) is 1.48. The molecule has 1 aromatic carbocycles. The Morgan fingerprint density at radius 1 is 1.42 bits per heavy atom. The predicted octanol–water partition coefficient (Wildman–Crippen LogP) is 1.54. The number of carbonyl (C=O) groups is 1. The van der Waals surface area contributed by atoms with Crippen LogP contribution in [-0.4, -0.2) is 58.6 Å². The molecule has 9 heteroatoms. The fourth-order valence-electron chi connectivity index (χ4n) is 3.69. The molecule has 9 nitrogen and oxygen atoms in total. The Morgan fingerprint density at radius 3 is 2.87 bits per heavy atom. The Bertz CT molecular complexity index is 1150. The minimum absolute atomic E-state index is 0.0887. The molecule has 2 aromatic heterocycles. The van der Waals surface area contributed by atoms with Gasteiger partial charge in [0.2, 0.25) is 0 Å². The lowest BCUT2D eigenvalue weighted by Crippen LogP contribution is -2.39. The van der Waals surface area contributed by atoms with Crippen molar-refractivity contribution in [2.24, 2.45) is 5.92 Å². The second-order valence-corrected chi connectivity index (χ2v) is 7.90. The number of methoxy groups -OCH3 is 1. The van der Waals surface area contributed by atoms with Gasteiger partial charge in [0, 0.05) is 43.4 Å². The standard InChI is InChI=1S/C22H26N4O5/c1-13-5-16(8-24-21(13)27)20-25-17-6-14(7-23-18(12-30-2)22(28)29)3-4-19(17)26(20)9-15-10-31-11-15/h3-6,8,15,18,23H,7,9-12H2,1-2H3,(H,24,27)(H,28,29). The maximum Gasteiger partial charge on any atom is 0.323 e. The lowest BCUT2D eigenvalue weighted by Gasteiger charge is -2.27. The SMILES string of the molecule is COCC(NCc1ccc2c(c1)nc(-c1c[nH]c(=O)c(C)c1)n2CC1COC1)C(=O)O. The number of ether oxygens (including phenoxy) is 2. The topological polar surface area (TPSA) is 118 Å².